The number of hydrogen-bond acceptors (Lipinski definition) is 2. The van der Waals surface area contributed by atoms with Gasteiger partial charge in [0, 0.05) is 16.7 Å². The summed E-state index contributed by atoms with van der Waals surface area (Å²) < 4.78 is 1.07. The second-order valence-electron chi connectivity index (χ2n) is 5.05. The summed E-state index contributed by atoms with van der Waals surface area (Å²) >= 11 is 3.45. The van der Waals surface area contributed by atoms with Crippen molar-refractivity contribution in [3.05, 3.63) is 76.8 Å². The minimum absolute atomic E-state index is 0.107. The summed E-state index contributed by atoms with van der Waals surface area (Å²) in [6.07, 6.45) is 0. The summed E-state index contributed by atoms with van der Waals surface area (Å²) in [4.78, 5) is 0. The fourth-order valence-corrected chi connectivity index (χ4v) is 2.71. The van der Waals surface area contributed by atoms with E-state index in [1.807, 2.05) is 24.3 Å². The summed E-state index contributed by atoms with van der Waals surface area (Å²) in [6, 6.07) is 23.1. The molecule has 1 atom stereocenters. The van der Waals surface area contributed by atoms with Gasteiger partial charge in [-0.3, -0.25) is 0 Å². The first-order valence-electron chi connectivity index (χ1n) is 6.97. The number of nitrogens with two attached hydrogens (primary N) is 1. The third kappa shape index (κ3) is 3.26. The number of nitrogens with one attached hydrogen (secondary N) is 1. The number of halogens is 1. The van der Waals surface area contributed by atoms with E-state index >= 15 is 0 Å². The molecule has 106 valence electrons. The van der Waals surface area contributed by atoms with Crippen LogP contribution in [0.25, 0.3) is 10.8 Å². The third-order valence-corrected chi connectivity index (χ3v) is 4.13. The topological polar surface area (TPSA) is 38.0 Å². The standard InChI is InChI=1S/C18H17BrN2/c19-16-7-9-17(10-8-16)21-18(12-20)15-6-5-13-3-1-2-4-14(13)11-15/h1-11,18,21H,12,20H2. The van der Waals surface area contributed by atoms with E-state index in [9.17, 15) is 0 Å². The van der Waals surface area contributed by atoms with Crippen molar-refractivity contribution in [3.63, 3.8) is 0 Å². The average molecular weight is 341 g/mol. The molecular formula is C18H17BrN2. The van der Waals surface area contributed by atoms with Crippen LogP contribution in [0, 0.1) is 0 Å². The van der Waals surface area contributed by atoms with E-state index in [1.165, 1.54) is 16.3 Å². The van der Waals surface area contributed by atoms with Gasteiger partial charge in [0.25, 0.3) is 0 Å². The zero-order valence-electron chi connectivity index (χ0n) is 11.6. The molecule has 0 heterocycles. The molecule has 3 aromatic carbocycles. The molecule has 3 N–H and O–H groups in total. The van der Waals surface area contributed by atoms with E-state index in [0.29, 0.717) is 6.54 Å². The quantitative estimate of drug-likeness (QED) is 0.721. The van der Waals surface area contributed by atoms with Crippen molar-refractivity contribution >= 4 is 32.4 Å². The Morgan fingerprint density at radius 3 is 2.33 bits per heavy atom. The van der Waals surface area contributed by atoms with Gasteiger partial charge in [-0.15, -0.1) is 0 Å². The van der Waals surface area contributed by atoms with Gasteiger partial charge >= 0.3 is 0 Å². The molecule has 0 bridgehead atoms. The Balaban J connectivity index is 1.88. The van der Waals surface area contributed by atoms with Gasteiger partial charge in [-0.05, 0) is 46.7 Å². The highest BCUT2D eigenvalue weighted by atomic mass is 79.9. The van der Waals surface area contributed by atoms with Crippen LogP contribution in [0.2, 0.25) is 0 Å². The molecule has 0 aliphatic carbocycles. The highest BCUT2D eigenvalue weighted by Gasteiger charge is 2.10. The molecule has 0 amide bonds. The van der Waals surface area contributed by atoms with Crippen LogP contribution in [0.4, 0.5) is 5.69 Å². The molecular weight excluding hydrogens is 324 g/mol. The van der Waals surface area contributed by atoms with Crippen LogP contribution in [-0.2, 0) is 0 Å². The van der Waals surface area contributed by atoms with Crippen LogP contribution in [0.1, 0.15) is 11.6 Å². The summed E-state index contributed by atoms with van der Waals surface area (Å²) in [5.41, 5.74) is 8.23. The molecule has 0 spiro atoms. The monoisotopic (exact) mass is 340 g/mol. The van der Waals surface area contributed by atoms with Gasteiger partial charge in [0.1, 0.15) is 0 Å². The largest absolute Gasteiger partial charge is 0.377 e. The number of hydrogen-bond donors (Lipinski definition) is 2. The van der Waals surface area contributed by atoms with Crippen molar-refractivity contribution in [3.8, 4) is 0 Å². The number of anilines is 1. The molecule has 0 aliphatic heterocycles. The predicted molar refractivity (Wildman–Crippen MR) is 93.5 cm³/mol. The highest BCUT2D eigenvalue weighted by molar-refractivity contribution is 9.10. The zero-order valence-corrected chi connectivity index (χ0v) is 13.2. The molecule has 0 saturated heterocycles. The van der Waals surface area contributed by atoms with Crippen molar-refractivity contribution in [1.82, 2.24) is 0 Å². The van der Waals surface area contributed by atoms with Crippen LogP contribution in [0.15, 0.2) is 71.2 Å². The smallest absolute Gasteiger partial charge is 0.0636 e. The maximum atomic E-state index is 5.95. The molecule has 2 nitrogen and oxygen atoms in total. The van der Waals surface area contributed by atoms with E-state index in [4.69, 9.17) is 5.73 Å². The van der Waals surface area contributed by atoms with Gasteiger partial charge < -0.3 is 11.1 Å². The van der Waals surface area contributed by atoms with Gasteiger partial charge in [-0.1, -0.05) is 52.3 Å². The van der Waals surface area contributed by atoms with Gasteiger partial charge in [0.15, 0.2) is 0 Å². The van der Waals surface area contributed by atoms with E-state index in [2.05, 4.69) is 63.7 Å². The molecule has 0 aromatic heterocycles. The van der Waals surface area contributed by atoms with Crippen molar-refractivity contribution < 1.29 is 0 Å². The van der Waals surface area contributed by atoms with Crippen molar-refractivity contribution in [2.75, 3.05) is 11.9 Å². The number of benzene rings is 3. The number of fused-ring (bicyclic) bond motifs is 1. The molecule has 0 radical (unpaired) electrons. The first-order valence-corrected chi connectivity index (χ1v) is 7.76. The molecule has 0 saturated carbocycles. The van der Waals surface area contributed by atoms with Gasteiger partial charge in [-0.25, -0.2) is 0 Å². The second kappa shape index (κ2) is 6.29. The molecule has 0 aliphatic rings. The molecule has 3 rings (SSSR count). The Bertz CT molecular complexity index is 738. The van der Waals surface area contributed by atoms with Crippen LogP contribution in [-0.4, -0.2) is 6.54 Å². The summed E-state index contributed by atoms with van der Waals surface area (Å²) in [6.45, 7) is 0.550. The lowest BCUT2D eigenvalue weighted by molar-refractivity contribution is 0.791. The Morgan fingerprint density at radius 1 is 0.905 bits per heavy atom. The van der Waals surface area contributed by atoms with Crippen LogP contribution in [0.5, 0.6) is 0 Å². The van der Waals surface area contributed by atoms with Gasteiger partial charge in [-0.2, -0.15) is 0 Å². The van der Waals surface area contributed by atoms with Gasteiger partial charge in [0.2, 0.25) is 0 Å². The van der Waals surface area contributed by atoms with Crippen LogP contribution >= 0.6 is 15.9 Å². The SMILES string of the molecule is NCC(Nc1ccc(Br)cc1)c1ccc2ccccc2c1. The van der Waals surface area contributed by atoms with Crippen LogP contribution < -0.4 is 11.1 Å². The van der Waals surface area contributed by atoms with Gasteiger partial charge in [0.05, 0.1) is 6.04 Å². The van der Waals surface area contributed by atoms with E-state index in [-0.39, 0.29) is 6.04 Å². The van der Waals surface area contributed by atoms with E-state index in [0.717, 1.165) is 10.2 Å². The van der Waals surface area contributed by atoms with Crippen molar-refractivity contribution in [2.24, 2.45) is 5.73 Å². The summed E-state index contributed by atoms with van der Waals surface area (Å²) in [5, 5.41) is 5.98. The third-order valence-electron chi connectivity index (χ3n) is 3.60. The van der Waals surface area contributed by atoms with Crippen molar-refractivity contribution in [2.45, 2.75) is 6.04 Å². The lowest BCUT2D eigenvalue weighted by Gasteiger charge is -2.19. The average Bonchev–Trinajstić information content (AvgIpc) is 2.54. The summed E-state index contributed by atoms with van der Waals surface area (Å²) in [7, 11) is 0. The molecule has 3 heteroatoms. The molecule has 21 heavy (non-hydrogen) atoms. The Labute approximate surface area is 133 Å². The fourth-order valence-electron chi connectivity index (χ4n) is 2.45. The first-order chi connectivity index (χ1) is 10.3. The predicted octanol–water partition coefficient (Wildman–Crippen LogP) is 4.71. The fraction of sp³-hybridized carbons (Fsp3) is 0.111. The Hall–Kier alpha value is -1.84. The van der Waals surface area contributed by atoms with E-state index < -0.39 is 0 Å². The first kappa shape index (κ1) is 14.1. The Kier molecular flexibility index (Phi) is 4.23. The maximum Gasteiger partial charge on any atom is 0.0636 e. The second-order valence-corrected chi connectivity index (χ2v) is 5.96. The van der Waals surface area contributed by atoms with Crippen molar-refractivity contribution in [1.29, 1.82) is 0 Å². The minimum atomic E-state index is 0.107. The molecule has 3 aromatic rings. The zero-order chi connectivity index (χ0) is 14.7. The molecule has 1 unspecified atom stereocenters. The normalized spacial score (nSPS) is 12.3. The van der Waals surface area contributed by atoms with Crippen LogP contribution in [0.3, 0.4) is 0 Å². The maximum absolute atomic E-state index is 5.95. The van der Waals surface area contributed by atoms with E-state index in [1.54, 1.807) is 0 Å². The molecule has 0 fully saturated rings. The Morgan fingerprint density at radius 2 is 1.62 bits per heavy atom. The highest BCUT2D eigenvalue weighted by Crippen LogP contribution is 2.24. The minimum Gasteiger partial charge on any atom is -0.377 e. The number of rotatable bonds is 4. The lowest BCUT2D eigenvalue weighted by Crippen LogP contribution is -2.20. The summed E-state index contributed by atoms with van der Waals surface area (Å²) in [5.74, 6) is 0. The lowest BCUT2D eigenvalue weighted by atomic mass is 10.0.